The molecular formula is C27H39N3O4S. The number of carbonyl (C=O) groups excluding carboxylic acids is 2. The number of nitrogens with zero attached hydrogens (tertiary/aromatic N) is 2. The van der Waals surface area contributed by atoms with E-state index in [1.54, 1.807) is 12.1 Å². The number of hydrogen-bond acceptors (Lipinski definition) is 4. The van der Waals surface area contributed by atoms with Crippen molar-refractivity contribution in [3.63, 3.8) is 0 Å². The van der Waals surface area contributed by atoms with Crippen LogP contribution in [0.3, 0.4) is 0 Å². The molecule has 0 aliphatic rings. The maximum Gasteiger partial charge on any atom is 0.244 e. The molecule has 7 nitrogen and oxygen atoms in total. The molecule has 0 bridgehead atoms. The number of rotatable bonds is 12. The SMILES string of the molecule is CC[C@H](C(=O)N[C@@H](C)CC)N(CCc1ccccc1)C(=O)CN(c1cccc(C)c1C)S(C)(=O)=O. The van der Waals surface area contributed by atoms with Gasteiger partial charge in [0, 0.05) is 12.6 Å². The van der Waals surface area contributed by atoms with Gasteiger partial charge in [0.05, 0.1) is 11.9 Å². The number of anilines is 1. The average Bonchev–Trinajstić information content (AvgIpc) is 2.81. The summed E-state index contributed by atoms with van der Waals surface area (Å²) >= 11 is 0. The van der Waals surface area contributed by atoms with Gasteiger partial charge < -0.3 is 10.2 Å². The summed E-state index contributed by atoms with van der Waals surface area (Å²) in [5.41, 5.74) is 3.24. The Kier molecular flexibility index (Phi) is 10.3. The lowest BCUT2D eigenvalue weighted by molar-refractivity contribution is -0.139. The van der Waals surface area contributed by atoms with Crippen molar-refractivity contribution >= 4 is 27.5 Å². The Morgan fingerprint density at radius 1 is 0.971 bits per heavy atom. The van der Waals surface area contributed by atoms with Gasteiger partial charge in [-0.25, -0.2) is 8.42 Å². The van der Waals surface area contributed by atoms with Crippen LogP contribution in [0.25, 0.3) is 0 Å². The summed E-state index contributed by atoms with van der Waals surface area (Å²) in [6.07, 6.45) is 2.85. The van der Waals surface area contributed by atoms with Crippen molar-refractivity contribution in [3.05, 3.63) is 65.2 Å². The summed E-state index contributed by atoms with van der Waals surface area (Å²) in [6, 6.07) is 14.4. The molecule has 0 heterocycles. The van der Waals surface area contributed by atoms with Crippen LogP contribution < -0.4 is 9.62 Å². The van der Waals surface area contributed by atoms with E-state index in [9.17, 15) is 18.0 Å². The second-order valence-electron chi connectivity index (χ2n) is 9.05. The third-order valence-electron chi connectivity index (χ3n) is 6.40. The topological polar surface area (TPSA) is 86.8 Å². The second kappa shape index (κ2) is 12.7. The summed E-state index contributed by atoms with van der Waals surface area (Å²) in [7, 11) is -3.74. The van der Waals surface area contributed by atoms with Gasteiger partial charge in [-0.1, -0.05) is 56.3 Å². The fourth-order valence-corrected chi connectivity index (χ4v) is 4.84. The van der Waals surface area contributed by atoms with E-state index in [1.807, 2.05) is 71.0 Å². The normalized spacial score (nSPS) is 13.1. The zero-order valence-electron chi connectivity index (χ0n) is 21.7. The highest BCUT2D eigenvalue weighted by Crippen LogP contribution is 2.25. The van der Waals surface area contributed by atoms with Gasteiger partial charge in [-0.05, 0) is 62.8 Å². The molecule has 0 saturated heterocycles. The van der Waals surface area contributed by atoms with Crippen LogP contribution in [0, 0.1) is 13.8 Å². The molecule has 2 amide bonds. The first-order valence-electron chi connectivity index (χ1n) is 12.2. The maximum absolute atomic E-state index is 13.7. The van der Waals surface area contributed by atoms with E-state index in [0.29, 0.717) is 25.1 Å². The van der Waals surface area contributed by atoms with Crippen molar-refractivity contribution in [3.8, 4) is 0 Å². The summed E-state index contributed by atoms with van der Waals surface area (Å²) in [5.74, 6) is -0.626. The highest BCUT2D eigenvalue weighted by molar-refractivity contribution is 7.92. The standard InChI is InChI=1S/C27H39N3O4S/c1-7-21(4)28-27(32)24(8-2)29(18-17-23-14-10-9-11-15-23)26(31)19-30(35(6,33)34)25-16-12-13-20(3)22(25)5/h9-16,21,24H,7-8,17-19H2,1-6H3,(H,28,32)/t21-,24+/m0/s1. The number of aryl methyl sites for hydroxylation is 1. The molecule has 2 aromatic rings. The third-order valence-corrected chi connectivity index (χ3v) is 7.52. The number of nitrogens with one attached hydrogen (secondary N) is 1. The Morgan fingerprint density at radius 2 is 1.63 bits per heavy atom. The van der Waals surface area contributed by atoms with Gasteiger partial charge in [0.2, 0.25) is 21.8 Å². The van der Waals surface area contributed by atoms with Crippen LogP contribution in [0.15, 0.2) is 48.5 Å². The minimum absolute atomic E-state index is 0.0231. The molecule has 192 valence electrons. The molecule has 0 unspecified atom stereocenters. The highest BCUT2D eigenvalue weighted by atomic mass is 32.2. The van der Waals surface area contributed by atoms with Crippen LogP contribution >= 0.6 is 0 Å². The molecule has 0 aliphatic carbocycles. The average molecular weight is 502 g/mol. The van der Waals surface area contributed by atoms with E-state index in [0.717, 1.165) is 33.7 Å². The largest absolute Gasteiger partial charge is 0.352 e. The van der Waals surface area contributed by atoms with Crippen LogP contribution in [0.2, 0.25) is 0 Å². The molecule has 8 heteroatoms. The van der Waals surface area contributed by atoms with Crippen LogP contribution in [-0.2, 0) is 26.0 Å². The van der Waals surface area contributed by atoms with E-state index in [-0.39, 0.29) is 18.5 Å². The molecule has 35 heavy (non-hydrogen) atoms. The van der Waals surface area contributed by atoms with Crippen LogP contribution in [0.5, 0.6) is 0 Å². The van der Waals surface area contributed by atoms with E-state index in [2.05, 4.69) is 5.32 Å². The predicted molar refractivity (Wildman–Crippen MR) is 142 cm³/mol. The summed E-state index contributed by atoms with van der Waals surface area (Å²) in [6.45, 7) is 9.45. The fourth-order valence-electron chi connectivity index (χ4n) is 3.94. The maximum atomic E-state index is 13.7. The van der Waals surface area contributed by atoms with E-state index in [1.165, 1.54) is 4.90 Å². The Balaban J connectivity index is 2.40. The molecule has 0 fully saturated rings. The number of hydrogen-bond donors (Lipinski definition) is 1. The monoisotopic (exact) mass is 501 g/mol. The van der Waals surface area contributed by atoms with Gasteiger partial charge in [-0.3, -0.25) is 13.9 Å². The smallest absolute Gasteiger partial charge is 0.244 e. The molecule has 2 rings (SSSR count). The second-order valence-corrected chi connectivity index (χ2v) is 11.0. The van der Waals surface area contributed by atoms with Crippen molar-refractivity contribution in [1.82, 2.24) is 10.2 Å². The van der Waals surface area contributed by atoms with Crippen molar-refractivity contribution in [2.24, 2.45) is 0 Å². The van der Waals surface area contributed by atoms with Gasteiger partial charge in [0.25, 0.3) is 0 Å². The van der Waals surface area contributed by atoms with Crippen LogP contribution in [0.4, 0.5) is 5.69 Å². The number of sulfonamides is 1. The minimum Gasteiger partial charge on any atom is -0.352 e. The third kappa shape index (κ3) is 7.82. The lowest BCUT2D eigenvalue weighted by Gasteiger charge is -2.33. The van der Waals surface area contributed by atoms with Gasteiger partial charge in [0.1, 0.15) is 12.6 Å². The van der Waals surface area contributed by atoms with E-state index < -0.39 is 22.0 Å². The first-order chi connectivity index (χ1) is 16.5. The number of amides is 2. The zero-order chi connectivity index (χ0) is 26.2. The number of carbonyl (C=O) groups is 2. The Bertz CT molecular complexity index is 1100. The molecule has 1 N–H and O–H groups in total. The van der Waals surface area contributed by atoms with Gasteiger partial charge in [-0.2, -0.15) is 0 Å². The van der Waals surface area contributed by atoms with Gasteiger partial charge in [0.15, 0.2) is 0 Å². The molecule has 0 saturated carbocycles. The Labute approximate surface area is 210 Å². The summed E-state index contributed by atoms with van der Waals surface area (Å²) < 4.78 is 26.7. The van der Waals surface area contributed by atoms with Crippen molar-refractivity contribution < 1.29 is 18.0 Å². The first kappa shape index (κ1) is 28.4. The van der Waals surface area contributed by atoms with Crippen LogP contribution in [-0.4, -0.2) is 56.6 Å². The van der Waals surface area contributed by atoms with Crippen molar-refractivity contribution in [2.45, 2.75) is 66.0 Å². The molecule has 0 spiro atoms. The van der Waals surface area contributed by atoms with Crippen LogP contribution in [0.1, 0.15) is 50.3 Å². The van der Waals surface area contributed by atoms with Crippen molar-refractivity contribution in [1.29, 1.82) is 0 Å². The summed E-state index contributed by atoms with van der Waals surface area (Å²) in [4.78, 5) is 28.3. The summed E-state index contributed by atoms with van der Waals surface area (Å²) in [5, 5.41) is 2.98. The zero-order valence-corrected chi connectivity index (χ0v) is 22.6. The Hall–Kier alpha value is -2.87. The highest BCUT2D eigenvalue weighted by Gasteiger charge is 2.32. The minimum atomic E-state index is -3.74. The molecule has 0 aliphatic heterocycles. The fraction of sp³-hybridized carbons (Fsp3) is 0.481. The van der Waals surface area contributed by atoms with Gasteiger partial charge in [-0.15, -0.1) is 0 Å². The molecule has 0 aromatic heterocycles. The predicted octanol–water partition coefficient (Wildman–Crippen LogP) is 3.83. The molecule has 0 radical (unpaired) electrons. The lowest BCUT2D eigenvalue weighted by Crippen LogP contribution is -2.54. The quantitative estimate of drug-likeness (QED) is 0.479. The number of benzene rings is 2. The van der Waals surface area contributed by atoms with Crippen molar-refractivity contribution in [2.75, 3.05) is 23.7 Å². The van der Waals surface area contributed by atoms with E-state index in [4.69, 9.17) is 0 Å². The first-order valence-corrected chi connectivity index (χ1v) is 14.0. The molecular weight excluding hydrogens is 462 g/mol. The molecule has 2 aromatic carbocycles. The Morgan fingerprint density at radius 3 is 2.20 bits per heavy atom. The van der Waals surface area contributed by atoms with Gasteiger partial charge >= 0.3 is 0 Å². The lowest BCUT2D eigenvalue weighted by atomic mass is 10.1. The molecule has 2 atom stereocenters. The van der Waals surface area contributed by atoms with E-state index >= 15 is 0 Å².